The number of likely N-dealkylation sites (tertiary alicyclic amines) is 1. The van der Waals surface area contributed by atoms with Gasteiger partial charge >= 0.3 is 0 Å². The zero-order valence-corrected chi connectivity index (χ0v) is 16.4. The lowest BCUT2D eigenvalue weighted by molar-refractivity contribution is -0.132. The quantitative estimate of drug-likeness (QED) is 0.807. The number of rotatable bonds is 5. The SMILES string of the molecule is CC(C)N(C)c1cnn(C2CCCN(C(=O)Cc3ccsc3)C2)c(=O)c1. The molecule has 7 heteroatoms. The Hall–Kier alpha value is -2.15. The Kier molecular flexibility index (Phi) is 5.76. The molecule has 0 aromatic carbocycles. The molecule has 1 unspecified atom stereocenters. The topological polar surface area (TPSA) is 58.4 Å². The molecule has 0 aliphatic carbocycles. The van der Waals surface area contributed by atoms with Crippen molar-refractivity contribution in [3.05, 3.63) is 45.0 Å². The van der Waals surface area contributed by atoms with E-state index < -0.39 is 0 Å². The molecule has 6 nitrogen and oxygen atoms in total. The minimum atomic E-state index is -0.105. The number of anilines is 1. The number of nitrogens with zero attached hydrogens (tertiary/aromatic N) is 4. The Bertz CT molecular complexity index is 800. The van der Waals surface area contributed by atoms with Gasteiger partial charge in [0, 0.05) is 32.2 Å². The van der Waals surface area contributed by atoms with E-state index in [1.165, 1.54) is 0 Å². The largest absolute Gasteiger partial charge is 0.371 e. The summed E-state index contributed by atoms with van der Waals surface area (Å²) in [6.07, 6.45) is 3.93. The molecule has 3 rings (SSSR count). The van der Waals surface area contributed by atoms with Crippen LogP contribution in [0.4, 0.5) is 5.69 Å². The van der Waals surface area contributed by atoms with Gasteiger partial charge in [0.05, 0.1) is 24.3 Å². The van der Waals surface area contributed by atoms with Crippen molar-refractivity contribution in [2.75, 3.05) is 25.0 Å². The summed E-state index contributed by atoms with van der Waals surface area (Å²) < 4.78 is 1.54. The van der Waals surface area contributed by atoms with Gasteiger partial charge < -0.3 is 9.80 Å². The maximum atomic E-state index is 12.6. The molecule has 3 heterocycles. The highest BCUT2D eigenvalue weighted by Gasteiger charge is 2.26. The van der Waals surface area contributed by atoms with E-state index in [9.17, 15) is 9.59 Å². The van der Waals surface area contributed by atoms with Crippen LogP contribution in [0.15, 0.2) is 33.9 Å². The van der Waals surface area contributed by atoms with Crippen molar-refractivity contribution in [3.8, 4) is 0 Å². The normalized spacial score (nSPS) is 17.5. The average molecular weight is 375 g/mol. The van der Waals surface area contributed by atoms with Crippen LogP contribution in [0.25, 0.3) is 0 Å². The maximum Gasteiger partial charge on any atom is 0.269 e. The van der Waals surface area contributed by atoms with Gasteiger partial charge in [0.15, 0.2) is 0 Å². The van der Waals surface area contributed by atoms with Crippen molar-refractivity contribution in [3.63, 3.8) is 0 Å². The van der Waals surface area contributed by atoms with Crippen LogP contribution in [0.5, 0.6) is 0 Å². The second-order valence-electron chi connectivity index (χ2n) is 7.15. The van der Waals surface area contributed by atoms with E-state index in [2.05, 4.69) is 18.9 Å². The Morgan fingerprint density at radius 3 is 2.92 bits per heavy atom. The molecule has 0 saturated carbocycles. The van der Waals surface area contributed by atoms with Crippen LogP contribution >= 0.6 is 11.3 Å². The van der Waals surface area contributed by atoms with E-state index in [4.69, 9.17) is 0 Å². The van der Waals surface area contributed by atoms with Crippen molar-refractivity contribution in [1.82, 2.24) is 14.7 Å². The van der Waals surface area contributed by atoms with Gasteiger partial charge in [0.2, 0.25) is 5.91 Å². The Labute approximate surface area is 158 Å². The lowest BCUT2D eigenvalue weighted by Gasteiger charge is -2.33. The van der Waals surface area contributed by atoms with Crippen molar-refractivity contribution < 1.29 is 4.79 Å². The van der Waals surface area contributed by atoms with E-state index in [0.717, 1.165) is 30.6 Å². The second kappa shape index (κ2) is 8.03. The molecule has 1 saturated heterocycles. The molecule has 26 heavy (non-hydrogen) atoms. The van der Waals surface area contributed by atoms with Gasteiger partial charge in [-0.05, 0) is 49.1 Å². The van der Waals surface area contributed by atoms with Crippen LogP contribution in [-0.4, -0.2) is 46.8 Å². The number of aromatic nitrogens is 2. The number of piperidine rings is 1. The highest BCUT2D eigenvalue weighted by atomic mass is 32.1. The van der Waals surface area contributed by atoms with Gasteiger partial charge in [-0.3, -0.25) is 9.59 Å². The summed E-state index contributed by atoms with van der Waals surface area (Å²) in [5.41, 5.74) is 1.77. The molecule has 1 amide bonds. The van der Waals surface area contributed by atoms with E-state index >= 15 is 0 Å². The van der Waals surface area contributed by atoms with E-state index in [1.807, 2.05) is 33.7 Å². The third kappa shape index (κ3) is 4.15. The Morgan fingerprint density at radius 2 is 2.27 bits per heavy atom. The maximum absolute atomic E-state index is 12.6. The average Bonchev–Trinajstić information content (AvgIpc) is 3.14. The molecule has 2 aromatic rings. The Morgan fingerprint density at radius 1 is 1.46 bits per heavy atom. The molecule has 0 bridgehead atoms. The number of carbonyl (C=O) groups is 1. The second-order valence-corrected chi connectivity index (χ2v) is 7.93. The van der Waals surface area contributed by atoms with E-state index in [0.29, 0.717) is 19.0 Å². The van der Waals surface area contributed by atoms with Crippen LogP contribution in [0.1, 0.15) is 38.3 Å². The van der Waals surface area contributed by atoms with Crippen molar-refractivity contribution in [1.29, 1.82) is 0 Å². The first-order chi connectivity index (χ1) is 12.5. The van der Waals surface area contributed by atoms with Crippen molar-refractivity contribution in [2.24, 2.45) is 0 Å². The predicted molar refractivity (Wildman–Crippen MR) is 105 cm³/mol. The summed E-state index contributed by atoms with van der Waals surface area (Å²) >= 11 is 1.60. The van der Waals surface area contributed by atoms with Crippen molar-refractivity contribution >= 4 is 22.9 Å². The number of hydrogen-bond donors (Lipinski definition) is 0. The molecule has 0 spiro atoms. The summed E-state index contributed by atoms with van der Waals surface area (Å²) in [4.78, 5) is 29.0. The minimum absolute atomic E-state index is 0.0546. The highest BCUT2D eigenvalue weighted by Crippen LogP contribution is 2.21. The van der Waals surface area contributed by atoms with Crippen LogP contribution in [0.2, 0.25) is 0 Å². The molecular weight excluding hydrogens is 348 g/mol. The molecule has 1 aliphatic rings. The lowest BCUT2D eigenvalue weighted by atomic mass is 10.0. The predicted octanol–water partition coefficient (Wildman–Crippen LogP) is 2.56. The number of carbonyl (C=O) groups excluding carboxylic acids is 1. The number of hydrogen-bond acceptors (Lipinski definition) is 5. The standard InChI is InChI=1S/C19H26N4O2S/c1-14(2)21(3)17-10-19(25)23(20-11-17)16-5-4-7-22(12-16)18(24)9-15-6-8-26-13-15/h6,8,10-11,13-14,16H,4-5,7,9,12H2,1-3H3. The van der Waals surface area contributed by atoms with Gasteiger partial charge in [-0.15, -0.1) is 0 Å². The summed E-state index contributed by atoms with van der Waals surface area (Å²) in [6.45, 7) is 5.45. The summed E-state index contributed by atoms with van der Waals surface area (Å²) in [5, 5.41) is 8.40. The summed E-state index contributed by atoms with van der Waals surface area (Å²) in [7, 11) is 1.96. The molecule has 1 aliphatic heterocycles. The first-order valence-electron chi connectivity index (χ1n) is 9.06. The zero-order chi connectivity index (χ0) is 18.7. The van der Waals surface area contributed by atoms with Gasteiger partial charge in [-0.1, -0.05) is 0 Å². The smallest absolute Gasteiger partial charge is 0.269 e. The molecule has 0 radical (unpaired) electrons. The van der Waals surface area contributed by atoms with Crippen LogP contribution in [0.3, 0.4) is 0 Å². The first kappa shape index (κ1) is 18.6. The fourth-order valence-electron chi connectivity index (χ4n) is 3.23. The zero-order valence-electron chi connectivity index (χ0n) is 15.6. The first-order valence-corrected chi connectivity index (χ1v) is 10.0. The fraction of sp³-hybridized carbons (Fsp3) is 0.526. The monoisotopic (exact) mass is 374 g/mol. The van der Waals surface area contributed by atoms with E-state index in [1.54, 1.807) is 28.3 Å². The third-order valence-corrected chi connectivity index (χ3v) is 5.76. The molecule has 1 atom stereocenters. The highest BCUT2D eigenvalue weighted by molar-refractivity contribution is 7.08. The van der Waals surface area contributed by atoms with Crippen LogP contribution in [-0.2, 0) is 11.2 Å². The lowest BCUT2D eigenvalue weighted by Crippen LogP contribution is -2.44. The molecule has 1 fully saturated rings. The van der Waals surface area contributed by atoms with Gasteiger partial charge in [0.25, 0.3) is 5.56 Å². The number of amides is 1. The summed E-state index contributed by atoms with van der Waals surface area (Å²) in [6, 6.07) is 3.87. The van der Waals surface area contributed by atoms with Gasteiger partial charge in [0.1, 0.15) is 0 Å². The number of thiophene rings is 1. The molecular formula is C19H26N4O2S. The van der Waals surface area contributed by atoms with Crippen LogP contribution in [0, 0.1) is 0 Å². The van der Waals surface area contributed by atoms with E-state index in [-0.39, 0.29) is 17.5 Å². The van der Waals surface area contributed by atoms with Crippen molar-refractivity contribution in [2.45, 2.75) is 45.2 Å². The molecule has 2 aromatic heterocycles. The molecule has 0 N–H and O–H groups in total. The third-order valence-electron chi connectivity index (χ3n) is 5.02. The Balaban J connectivity index is 1.71. The van der Waals surface area contributed by atoms with Crippen LogP contribution < -0.4 is 10.5 Å². The molecule has 140 valence electrons. The van der Waals surface area contributed by atoms with Gasteiger partial charge in [-0.25, -0.2) is 4.68 Å². The summed E-state index contributed by atoms with van der Waals surface area (Å²) in [5.74, 6) is 0.123. The minimum Gasteiger partial charge on any atom is -0.371 e. The fourth-order valence-corrected chi connectivity index (χ4v) is 3.90. The van der Waals surface area contributed by atoms with Gasteiger partial charge in [-0.2, -0.15) is 16.4 Å².